The molecule has 6 N–H and O–H groups in total. The molecule has 2 aromatic carbocycles. The Morgan fingerprint density at radius 2 is 0.849 bits per heavy atom. The number of nitrogens with zero attached hydrogens (tertiary/aromatic N) is 12. The summed E-state index contributed by atoms with van der Waals surface area (Å²) in [6.07, 6.45) is -3.68. The minimum absolute atomic E-state index is 0.0661. The Morgan fingerprint density at radius 1 is 0.516 bits per heavy atom. The first-order valence-electron chi connectivity index (χ1n) is 29.4. The first-order valence-corrected chi connectivity index (χ1v) is 29.8. The van der Waals surface area contributed by atoms with Gasteiger partial charge in [0.15, 0.2) is 22.6 Å². The normalized spacial score (nSPS) is 19.2. The number of aromatic nitrogens is 9. The molecule has 0 aliphatic carbocycles. The number of pyridine rings is 3. The van der Waals surface area contributed by atoms with Gasteiger partial charge in [-0.3, -0.25) is 19.7 Å². The van der Waals surface area contributed by atoms with Crippen molar-refractivity contribution < 1.29 is 65.5 Å². The Bertz CT molecular complexity index is 3980. The number of hydrogen-bond donors (Lipinski definition) is 6. The summed E-state index contributed by atoms with van der Waals surface area (Å²) < 4.78 is 88.4. The van der Waals surface area contributed by atoms with Crippen molar-refractivity contribution in [2.45, 2.75) is 83.2 Å². The number of benzene rings is 2. The number of nitrogens with one attached hydrogen (secondary N) is 3. The van der Waals surface area contributed by atoms with E-state index in [1.54, 1.807) is 79.5 Å². The fraction of sp³-hybridized carbons (Fsp3) is 0.397. The van der Waals surface area contributed by atoms with Crippen LogP contribution in [0.3, 0.4) is 0 Å². The van der Waals surface area contributed by atoms with E-state index in [1.807, 2.05) is 26.8 Å². The van der Waals surface area contributed by atoms with E-state index in [4.69, 9.17) is 21.1 Å². The zero-order valence-corrected chi connectivity index (χ0v) is 52.1. The number of anilines is 3. The number of aliphatic hydroxyl groups excluding tert-OH is 3. The number of carbonyl (C=O) groups excluding carboxylic acids is 3. The van der Waals surface area contributed by atoms with Crippen LogP contribution in [0.2, 0.25) is 5.15 Å². The Hall–Kier alpha value is -9.19. The Balaban J connectivity index is 0.000000166. The number of halogens is 7. The third-order valence-corrected chi connectivity index (χ3v) is 15.6. The van der Waals surface area contributed by atoms with Gasteiger partial charge in [-0.25, -0.2) is 9.59 Å². The van der Waals surface area contributed by atoms with Crippen molar-refractivity contribution in [1.82, 2.24) is 60.2 Å². The molecule has 30 heteroatoms. The monoisotopic (exact) mass is 1310 g/mol. The summed E-state index contributed by atoms with van der Waals surface area (Å²) in [4.78, 5) is 54.6. The first-order chi connectivity index (χ1) is 44.1. The van der Waals surface area contributed by atoms with Crippen LogP contribution in [-0.4, -0.2) is 182 Å². The van der Waals surface area contributed by atoms with E-state index in [2.05, 4.69) is 68.1 Å². The Morgan fingerprint density at radius 3 is 1.19 bits per heavy atom. The van der Waals surface area contributed by atoms with Gasteiger partial charge in [-0.15, -0.1) is 30.6 Å². The molecule has 3 aliphatic rings. The second-order valence-corrected chi connectivity index (χ2v) is 24.6. The Labute approximate surface area is 534 Å². The van der Waals surface area contributed by atoms with E-state index >= 15 is 0 Å². The van der Waals surface area contributed by atoms with Crippen molar-refractivity contribution in [3.63, 3.8) is 0 Å². The molecule has 492 valence electrons. The summed E-state index contributed by atoms with van der Waals surface area (Å²) in [6.45, 7) is 16.1. The van der Waals surface area contributed by atoms with Crippen LogP contribution in [0, 0.1) is 17.8 Å². The molecule has 0 saturated carbocycles. The van der Waals surface area contributed by atoms with Crippen molar-refractivity contribution in [3.05, 3.63) is 132 Å². The SMILES string of the molecule is C=CC(=O)N1C[C@@H](CO)[C@H](Nc2nnc(-c3ccc(C(F)(F)F)cc3)c3cccnc23)C1.CC(C)(C)OC(=O)N1C[C@@H](CO)[C@H](Nc2nnc(-c3ccc(C(F)(F)F)cc3)c3cccnc23)C1.CC(C)(C)OC(=O)N1C[C@@H](CO)[C@H](Nc2nnc(Cl)c3cccnc23)C1. The van der Waals surface area contributed by atoms with Crippen molar-refractivity contribution >= 4 is 79.9 Å². The fourth-order valence-electron chi connectivity index (χ4n) is 10.7. The molecule has 3 fully saturated rings. The number of likely N-dealkylation sites (tertiary alicyclic amines) is 3. The van der Waals surface area contributed by atoms with Gasteiger partial charge in [0, 0.05) is 123 Å². The molecule has 6 aromatic heterocycles. The molecule has 3 amide bonds. The van der Waals surface area contributed by atoms with E-state index in [1.165, 1.54) is 35.2 Å². The highest BCUT2D eigenvalue weighted by molar-refractivity contribution is 6.34. The van der Waals surface area contributed by atoms with Gasteiger partial charge in [-0.1, -0.05) is 42.4 Å². The van der Waals surface area contributed by atoms with Gasteiger partial charge in [0.05, 0.1) is 29.3 Å². The third-order valence-electron chi connectivity index (χ3n) is 15.3. The molecular formula is C63H68ClF6N15O8. The summed E-state index contributed by atoms with van der Waals surface area (Å²) in [5.74, 6) is 0.336. The van der Waals surface area contributed by atoms with Gasteiger partial charge >= 0.3 is 24.5 Å². The van der Waals surface area contributed by atoms with E-state index in [0.717, 1.165) is 24.3 Å². The number of amides is 3. The van der Waals surface area contributed by atoms with Gasteiger partial charge in [0.2, 0.25) is 5.91 Å². The van der Waals surface area contributed by atoms with Crippen LogP contribution in [-0.2, 0) is 26.6 Å². The van der Waals surface area contributed by atoms with E-state index in [-0.39, 0.29) is 73.3 Å². The maximum absolute atomic E-state index is 12.9. The lowest BCUT2D eigenvalue weighted by Crippen LogP contribution is -2.36. The average molecular weight is 1310 g/mol. The molecular weight excluding hydrogens is 1240 g/mol. The number of hydrogen-bond acceptors (Lipinski definition) is 20. The number of rotatable bonds is 12. The number of carbonyl (C=O) groups is 3. The zero-order valence-electron chi connectivity index (χ0n) is 51.3. The van der Waals surface area contributed by atoms with Gasteiger partial charge in [-0.05, 0) is 108 Å². The molecule has 3 saturated heterocycles. The quantitative estimate of drug-likeness (QED) is 0.0490. The van der Waals surface area contributed by atoms with Crippen molar-refractivity contribution in [2.75, 3.05) is 75.0 Å². The average Bonchev–Trinajstić information content (AvgIpc) is 1.39. The van der Waals surface area contributed by atoms with E-state index in [9.17, 15) is 56.0 Å². The molecule has 9 heterocycles. The molecule has 0 spiro atoms. The second-order valence-electron chi connectivity index (χ2n) is 24.3. The molecule has 0 bridgehead atoms. The van der Waals surface area contributed by atoms with Crippen LogP contribution in [0.15, 0.2) is 116 Å². The summed E-state index contributed by atoms with van der Waals surface area (Å²) >= 11 is 6.08. The minimum Gasteiger partial charge on any atom is -0.444 e. The molecule has 11 rings (SSSR count). The lowest BCUT2D eigenvalue weighted by atomic mass is 10.0. The van der Waals surface area contributed by atoms with Crippen LogP contribution < -0.4 is 16.0 Å². The largest absolute Gasteiger partial charge is 0.444 e. The maximum Gasteiger partial charge on any atom is 0.416 e. The van der Waals surface area contributed by atoms with Crippen LogP contribution in [0.5, 0.6) is 0 Å². The highest BCUT2D eigenvalue weighted by atomic mass is 35.5. The van der Waals surface area contributed by atoms with Crippen LogP contribution in [0.25, 0.3) is 55.2 Å². The maximum atomic E-state index is 12.9. The summed E-state index contributed by atoms with van der Waals surface area (Å²) in [5.41, 5.74) is 0.606. The highest BCUT2D eigenvalue weighted by Crippen LogP contribution is 2.37. The van der Waals surface area contributed by atoms with Gasteiger partial charge < -0.3 is 55.4 Å². The smallest absolute Gasteiger partial charge is 0.416 e. The number of ether oxygens (including phenoxy) is 2. The molecule has 3 aliphatic heterocycles. The van der Waals surface area contributed by atoms with Crippen LogP contribution in [0.4, 0.5) is 53.4 Å². The van der Waals surface area contributed by atoms with Crippen molar-refractivity contribution in [3.8, 4) is 22.5 Å². The van der Waals surface area contributed by atoms with Gasteiger partial charge in [-0.2, -0.15) is 26.3 Å². The lowest BCUT2D eigenvalue weighted by Gasteiger charge is -2.24. The highest BCUT2D eigenvalue weighted by Gasteiger charge is 2.40. The number of alkyl halides is 6. The summed E-state index contributed by atoms with van der Waals surface area (Å²) in [6, 6.07) is 19.1. The third kappa shape index (κ3) is 16.5. The van der Waals surface area contributed by atoms with E-state index in [0.29, 0.717) is 105 Å². The first kappa shape index (κ1) is 68.2. The molecule has 93 heavy (non-hydrogen) atoms. The molecule has 8 aromatic rings. The molecule has 23 nitrogen and oxygen atoms in total. The van der Waals surface area contributed by atoms with E-state index < -0.39 is 46.9 Å². The van der Waals surface area contributed by atoms with Gasteiger partial charge in [0.1, 0.15) is 39.1 Å². The van der Waals surface area contributed by atoms with Crippen LogP contribution >= 0.6 is 11.6 Å². The number of fused-ring (bicyclic) bond motifs is 3. The second kappa shape index (κ2) is 28.4. The fourth-order valence-corrected chi connectivity index (χ4v) is 10.9. The Kier molecular flexibility index (Phi) is 20.8. The predicted octanol–water partition coefficient (Wildman–Crippen LogP) is 9.80. The topological polar surface area (TPSA) is 292 Å². The zero-order chi connectivity index (χ0) is 67.2. The molecule has 6 atom stereocenters. The molecule has 0 unspecified atom stereocenters. The predicted molar refractivity (Wildman–Crippen MR) is 334 cm³/mol. The summed E-state index contributed by atoms with van der Waals surface area (Å²) in [5, 5.41) is 66.3. The van der Waals surface area contributed by atoms with Crippen LogP contribution in [0.1, 0.15) is 52.7 Å². The van der Waals surface area contributed by atoms with Crippen molar-refractivity contribution in [1.29, 1.82) is 0 Å². The lowest BCUT2D eigenvalue weighted by molar-refractivity contribution is -0.138. The number of aliphatic hydroxyl groups is 3. The van der Waals surface area contributed by atoms with Gasteiger partial charge in [0.25, 0.3) is 0 Å². The summed E-state index contributed by atoms with van der Waals surface area (Å²) in [7, 11) is 0. The van der Waals surface area contributed by atoms with Crippen molar-refractivity contribution in [2.24, 2.45) is 17.8 Å². The molecule has 0 radical (unpaired) electrons. The minimum atomic E-state index is -4.43. The standard InChI is InChI=1S/C24H26F3N5O3.C22H20F3N5O2.C17H22ClN5O3/c1-23(2,3)35-22(34)32-11-15(13-33)18(12-32)29-21-20-17(5-4-10-28-20)19(30-31-21)14-6-8-16(9-7-14)24(25,26)27;1-2-18(32)30-10-14(12-31)17(11-30)27-21-20-16(4-3-9-26-20)19(28-29-21)13-5-7-15(8-6-13)22(23,24)25;1-17(2,3)26-16(25)23-7-10(9-24)12(8-23)20-15-13-11(5-4-6-19-13)14(18)21-22-15/h4-10,15,18,33H,11-13H2,1-3H3,(H,29,31);2-9,14,17,31H,1,10-12H2,(H,27,29);4-6,10,12,24H,7-9H2,1-3H3,(H,20,22)/t15-,18+;14-,17+;10-,12+/m000/s1.